The lowest BCUT2D eigenvalue weighted by molar-refractivity contribution is -0.130. The van der Waals surface area contributed by atoms with Crippen LogP contribution in [0.2, 0.25) is 0 Å². The number of piperidine rings is 1. The summed E-state index contributed by atoms with van der Waals surface area (Å²) in [5.74, 6) is -0.914. The van der Waals surface area contributed by atoms with E-state index >= 15 is 0 Å². The van der Waals surface area contributed by atoms with Crippen LogP contribution in [-0.2, 0) is 19.6 Å². The van der Waals surface area contributed by atoms with Crippen LogP contribution in [0.25, 0.3) is 0 Å². The number of sulfonamides is 1. The Morgan fingerprint density at radius 2 is 1.73 bits per heavy atom. The minimum atomic E-state index is -3.75. The second-order valence-electron chi connectivity index (χ2n) is 6.15. The Kier molecular flexibility index (Phi) is 5.20. The van der Waals surface area contributed by atoms with Crippen molar-refractivity contribution >= 4 is 21.8 Å². The van der Waals surface area contributed by atoms with E-state index in [1.165, 1.54) is 16.4 Å². The van der Waals surface area contributed by atoms with Crippen LogP contribution < -0.4 is 0 Å². The number of carbonyl (C=O) groups is 2. The zero-order valence-corrected chi connectivity index (χ0v) is 15.1. The Labute approximate surface area is 152 Å². The lowest BCUT2D eigenvalue weighted by Crippen LogP contribution is -2.48. The molecule has 1 saturated heterocycles. The number of carbonyl (C=O) groups excluding carboxylic acids is 2. The third-order valence-corrected chi connectivity index (χ3v) is 6.13. The molecule has 0 aliphatic carbocycles. The van der Waals surface area contributed by atoms with E-state index in [0.717, 1.165) is 5.56 Å². The normalized spacial score (nSPS) is 18.5. The number of rotatable bonds is 4. The molecule has 2 aromatic rings. The van der Waals surface area contributed by atoms with Crippen molar-refractivity contribution < 1.29 is 22.7 Å². The van der Waals surface area contributed by atoms with Gasteiger partial charge in [-0.05, 0) is 31.2 Å². The highest BCUT2D eigenvalue weighted by Gasteiger charge is 2.36. The number of esters is 1. The average Bonchev–Trinajstić information content (AvgIpc) is 2.64. The van der Waals surface area contributed by atoms with E-state index in [1.54, 1.807) is 42.5 Å². The van der Waals surface area contributed by atoms with Crippen molar-refractivity contribution in [1.82, 2.24) is 4.31 Å². The summed E-state index contributed by atoms with van der Waals surface area (Å²) in [5.41, 5.74) is 1.27. The Morgan fingerprint density at radius 1 is 1.08 bits per heavy atom. The molecule has 6 nitrogen and oxygen atoms in total. The zero-order valence-electron chi connectivity index (χ0n) is 14.3. The molecule has 2 aromatic carbocycles. The lowest BCUT2D eigenvalue weighted by atomic mass is 10.1. The summed E-state index contributed by atoms with van der Waals surface area (Å²) in [6.07, 6.45) is -1.09. The van der Waals surface area contributed by atoms with E-state index < -0.39 is 22.1 Å². The van der Waals surface area contributed by atoms with E-state index in [1.807, 2.05) is 6.92 Å². The zero-order chi connectivity index (χ0) is 18.7. The summed E-state index contributed by atoms with van der Waals surface area (Å²) in [6.45, 7) is 1.77. The average molecular weight is 373 g/mol. The molecule has 0 aromatic heterocycles. The molecule has 0 bridgehead atoms. The van der Waals surface area contributed by atoms with Crippen LogP contribution in [0.4, 0.5) is 0 Å². The molecule has 1 atom stereocenters. The summed E-state index contributed by atoms with van der Waals surface area (Å²) in [4.78, 5) is 24.5. The molecule has 1 fully saturated rings. The third-order valence-electron chi connectivity index (χ3n) is 4.25. The minimum Gasteiger partial charge on any atom is -0.449 e. The first-order chi connectivity index (χ1) is 12.4. The second kappa shape index (κ2) is 7.39. The van der Waals surface area contributed by atoms with Gasteiger partial charge in [-0.15, -0.1) is 0 Å². The van der Waals surface area contributed by atoms with E-state index in [2.05, 4.69) is 0 Å². The first kappa shape index (κ1) is 18.3. The standard InChI is InChI=1S/C19H19NO5S/c1-14-7-9-16(10-8-14)26(23,24)20-12-11-17(21)18(13-20)25-19(22)15-5-3-2-4-6-15/h2-10,18H,11-13H2,1H3. The molecule has 3 rings (SSSR count). The van der Waals surface area contributed by atoms with Crippen molar-refractivity contribution in [1.29, 1.82) is 0 Å². The van der Waals surface area contributed by atoms with Crippen LogP contribution in [0, 0.1) is 6.92 Å². The molecular formula is C19H19NO5S. The van der Waals surface area contributed by atoms with Crippen molar-refractivity contribution in [3.05, 3.63) is 65.7 Å². The van der Waals surface area contributed by atoms with Gasteiger partial charge in [0.15, 0.2) is 11.9 Å². The number of benzene rings is 2. The van der Waals surface area contributed by atoms with Gasteiger partial charge >= 0.3 is 5.97 Å². The van der Waals surface area contributed by atoms with Gasteiger partial charge in [0.05, 0.1) is 17.0 Å². The molecule has 1 unspecified atom stereocenters. The molecule has 136 valence electrons. The number of nitrogens with zero attached hydrogens (tertiary/aromatic N) is 1. The highest BCUT2D eigenvalue weighted by atomic mass is 32.2. The molecule has 26 heavy (non-hydrogen) atoms. The van der Waals surface area contributed by atoms with E-state index in [-0.39, 0.29) is 30.2 Å². The number of hydrogen-bond acceptors (Lipinski definition) is 5. The van der Waals surface area contributed by atoms with Gasteiger partial charge in [-0.1, -0.05) is 35.9 Å². The Hall–Kier alpha value is -2.51. The van der Waals surface area contributed by atoms with Crippen LogP contribution in [0.15, 0.2) is 59.5 Å². The maximum absolute atomic E-state index is 12.8. The van der Waals surface area contributed by atoms with E-state index in [4.69, 9.17) is 4.74 Å². The second-order valence-corrected chi connectivity index (χ2v) is 8.09. The first-order valence-electron chi connectivity index (χ1n) is 8.23. The van der Waals surface area contributed by atoms with Gasteiger partial charge in [-0.2, -0.15) is 4.31 Å². The fraction of sp³-hybridized carbons (Fsp3) is 0.263. The summed E-state index contributed by atoms with van der Waals surface area (Å²) in [7, 11) is -3.75. The number of hydrogen-bond donors (Lipinski definition) is 0. The molecule has 0 radical (unpaired) electrons. The topological polar surface area (TPSA) is 80.8 Å². The van der Waals surface area contributed by atoms with Crippen LogP contribution >= 0.6 is 0 Å². The highest BCUT2D eigenvalue weighted by molar-refractivity contribution is 7.89. The summed E-state index contributed by atoms with van der Waals surface area (Å²) < 4.78 is 32.0. The predicted octanol–water partition coefficient (Wildman–Crippen LogP) is 2.18. The maximum Gasteiger partial charge on any atom is 0.338 e. The van der Waals surface area contributed by atoms with Crippen LogP contribution in [0.3, 0.4) is 0 Å². The maximum atomic E-state index is 12.8. The first-order valence-corrected chi connectivity index (χ1v) is 9.67. The largest absolute Gasteiger partial charge is 0.449 e. The Bertz CT molecular complexity index is 907. The van der Waals surface area contributed by atoms with Gasteiger partial charge in [0.2, 0.25) is 10.0 Å². The van der Waals surface area contributed by atoms with E-state index in [9.17, 15) is 18.0 Å². The molecule has 0 amide bonds. The smallest absolute Gasteiger partial charge is 0.338 e. The van der Waals surface area contributed by atoms with Crippen molar-refractivity contribution in [2.75, 3.05) is 13.1 Å². The van der Waals surface area contributed by atoms with Crippen molar-refractivity contribution in [3.8, 4) is 0 Å². The van der Waals surface area contributed by atoms with Gasteiger partial charge in [0.25, 0.3) is 0 Å². The molecule has 0 saturated carbocycles. The highest BCUT2D eigenvalue weighted by Crippen LogP contribution is 2.21. The third kappa shape index (κ3) is 3.84. The Balaban J connectivity index is 1.76. The van der Waals surface area contributed by atoms with Crippen LogP contribution in [-0.4, -0.2) is 43.7 Å². The predicted molar refractivity (Wildman–Crippen MR) is 95.2 cm³/mol. The fourth-order valence-electron chi connectivity index (χ4n) is 2.73. The molecule has 1 aliphatic rings. The number of aryl methyl sites for hydroxylation is 1. The van der Waals surface area contributed by atoms with Crippen molar-refractivity contribution in [2.24, 2.45) is 0 Å². The quantitative estimate of drug-likeness (QED) is 0.768. The van der Waals surface area contributed by atoms with Crippen LogP contribution in [0.1, 0.15) is 22.3 Å². The molecule has 1 aliphatic heterocycles. The molecule has 0 N–H and O–H groups in total. The molecule has 7 heteroatoms. The monoisotopic (exact) mass is 373 g/mol. The lowest BCUT2D eigenvalue weighted by Gasteiger charge is -2.30. The van der Waals surface area contributed by atoms with Gasteiger partial charge < -0.3 is 4.74 Å². The number of Topliss-reactive ketones (excluding diaryl/α,β-unsaturated/α-hetero) is 1. The molecular weight excluding hydrogens is 354 g/mol. The van der Waals surface area contributed by atoms with Gasteiger partial charge in [0.1, 0.15) is 0 Å². The molecule has 1 heterocycles. The van der Waals surface area contributed by atoms with Gasteiger partial charge in [-0.3, -0.25) is 4.79 Å². The SMILES string of the molecule is Cc1ccc(S(=O)(=O)N2CCC(=O)C(OC(=O)c3ccccc3)C2)cc1. The molecule has 0 spiro atoms. The Morgan fingerprint density at radius 3 is 2.38 bits per heavy atom. The van der Waals surface area contributed by atoms with Crippen molar-refractivity contribution in [3.63, 3.8) is 0 Å². The van der Waals surface area contributed by atoms with Gasteiger partial charge in [0, 0.05) is 13.0 Å². The number of ketones is 1. The van der Waals surface area contributed by atoms with Crippen LogP contribution in [0.5, 0.6) is 0 Å². The van der Waals surface area contributed by atoms with E-state index in [0.29, 0.717) is 5.56 Å². The minimum absolute atomic E-state index is 0.0117. The summed E-state index contributed by atoms with van der Waals surface area (Å²) in [6, 6.07) is 14.8. The summed E-state index contributed by atoms with van der Waals surface area (Å²) in [5, 5.41) is 0. The van der Waals surface area contributed by atoms with Crippen molar-refractivity contribution in [2.45, 2.75) is 24.3 Å². The fourth-order valence-corrected chi connectivity index (χ4v) is 4.17. The summed E-state index contributed by atoms with van der Waals surface area (Å²) >= 11 is 0. The van der Waals surface area contributed by atoms with Gasteiger partial charge in [-0.25, -0.2) is 13.2 Å². The number of ether oxygens (including phenoxy) is 1.